The summed E-state index contributed by atoms with van der Waals surface area (Å²) >= 11 is 0. The number of sulfonamides is 1. The molecule has 1 fully saturated rings. The smallest absolute Gasteiger partial charge is 0.214 e. The molecule has 3 unspecified atom stereocenters. The lowest BCUT2D eigenvalue weighted by Crippen LogP contribution is -2.36. The van der Waals surface area contributed by atoms with Gasteiger partial charge in [-0.15, -0.1) is 0 Å². The largest absolute Gasteiger partial charge is 0.492 e. The fraction of sp³-hybridized carbons (Fsp3) is 0.500. The minimum Gasteiger partial charge on any atom is -0.492 e. The molecule has 4 rings (SSSR count). The van der Waals surface area contributed by atoms with Crippen molar-refractivity contribution in [3.63, 3.8) is 0 Å². The number of ether oxygens (including phenoxy) is 1. The number of nitrogens with one attached hydrogen (secondary N) is 1. The molecule has 3 N–H and O–H groups in total. The van der Waals surface area contributed by atoms with Crippen molar-refractivity contribution in [1.29, 1.82) is 0 Å². The van der Waals surface area contributed by atoms with Gasteiger partial charge in [0, 0.05) is 18.5 Å². The van der Waals surface area contributed by atoms with Crippen LogP contribution in [0.4, 0.5) is 0 Å². The maximum absolute atomic E-state index is 12.3. The monoisotopic (exact) mass is 428 g/mol. The van der Waals surface area contributed by atoms with Crippen LogP contribution in [0.3, 0.4) is 0 Å². The molecular weight excluding hydrogens is 396 g/mol. The third-order valence-corrected chi connectivity index (χ3v) is 8.50. The molecule has 0 amide bonds. The molecular formula is C24H32N2O3S. The zero-order chi connectivity index (χ0) is 21.1. The Balaban J connectivity index is 1.38. The van der Waals surface area contributed by atoms with Crippen molar-refractivity contribution in [3.8, 4) is 5.75 Å². The fourth-order valence-electron chi connectivity index (χ4n) is 4.42. The molecule has 0 radical (unpaired) electrons. The Kier molecular flexibility index (Phi) is 6.46. The molecule has 0 aromatic heterocycles. The molecule has 3 atom stereocenters. The number of fused-ring (bicyclic) bond motifs is 1. The quantitative estimate of drug-likeness (QED) is 0.600. The molecule has 1 saturated carbocycles. The van der Waals surface area contributed by atoms with E-state index < -0.39 is 10.0 Å². The summed E-state index contributed by atoms with van der Waals surface area (Å²) in [6.07, 6.45) is 4.92. The van der Waals surface area contributed by atoms with E-state index in [9.17, 15) is 8.42 Å². The summed E-state index contributed by atoms with van der Waals surface area (Å²) in [4.78, 5) is 0. The highest BCUT2D eigenvalue weighted by Gasteiger charge is 2.36. The van der Waals surface area contributed by atoms with Gasteiger partial charge in [0.2, 0.25) is 10.0 Å². The first-order chi connectivity index (χ1) is 14.4. The standard InChI is InChI=1S/C24H32N2O3S/c1-17(19-7-8-19)30(27,28)26-13-14-29-21-11-9-20-10-12-24(25)23(22(20)16-21)15-18-5-3-2-4-6-18/h2-6,9,11,16-17,19,23-24,26H,7-8,10,12-15,25H2,1H3. The van der Waals surface area contributed by atoms with E-state index in [2.05, 4.69) is 41.1 Å². The zero-order valence-electron chi connectivity index (χ0n) is 17.6. The number of hydrogen-bond acceptors (Lipinski definition) is 4. The predicted molar refractivity (Wildman–Crippen MR) is 120 cm³/mol. The van der Waals surface area contributed by atoms with Crippen LogP contribution < -0.4 is 15.2 Å². The van der Waals surface area contributed by atoms with Gasteiger partial charge in [-0.1, -0.05) is 36.4 Å². The third kappa shape index (κ3) is 5.05. The number of benzene rings is 2. The first-order valence-corrected chi connectivity index (χ1v) is 12.5. The zero-order valence-corrected chi connectivity index (χ0v) is 18.4. The van der Waals surface area contributed by atoms with Gasteiger partial charge in [0.1, 0.15) is 12.4 Å². The summed E-state index contributed by atoms with van der Waals surface area (Å²) in [7, 11) is -3.26. The lowest BCUT2D eigenvalue weighted by molar-refractivity contribution is 0.321. The number of aryl methyl sites for hydroxylation is 1. The van der Waals surface area contributed by atoms with E-state index in [0.717, 1.165) is 37.9 Å². The highest BCUT2D eigenvalue weighted by atomic mass is 32.2. The summed E-state index contributed by atoms with van der Waals surface area (Å²) < 4.78 is 33.2. The highest BCUT2D eigenvalue weighted by Crippen LogP contribution is 2.36. The average Bonchev–Trinajstić information content (AvgIpc) is 3.59. The van der Waals surface area contributed by atoms with Gasteiger partial charge < -0.3 is 10.5 Å². The van der Waals surface area contributed by atoms with Crippen molar-refractivity contribution in [2.45, 2.75) is 56.2 Å². The molecule has 2 aromatic carbocycles. The summed E-state index contributed by atoms with van der Waals surface area (Å²) in [5.74, 6) is 1.35. The Morgan fingerprint density at radius 2 is 1.90 bits per heavy atom. The maximum atomic E-state index is 12.3. The van der Waals surface area contributed by atoms with Crippen LogP contribution in [0.5, 0.6) is 5.75 Å². The fourth-order valence-corrected chi connectivity index (χ4v) is 5.83. The highest BCUT2D eigenvalue weighted by molar-refractivity contribution is 7.90. The normalized spacial score (nSPS) is 22.3. The second-order valence-corrected chi connectivity index (χ2v) is 10.8. The van der Waals surface area contributed by atoms with Gasteiger partial charge in [0.15, 0.2) is 0 Å². The van der Waals surface area contributed by atoms with Crippen molar-refractivity contribution in [1.82, 2.24) is 4.72 Å². The second kappa shape index (κ2) is 9.08. The van der Waals surface area contributed by atoms with Gasteiger partial charge in [-0.25, -0.2) is 13.1 Å². The molecule has 0 aliphatic heterocycles. The van der Waals surface area contributed by atoms with Gasteiger partial charge >= 0.3 is 0 Å². The van der Waals surface area contributed by atoms with Gasteiger partial charge in [-0.3, -0.25) is 0 Å². The van der Waals surface area contributed by atoms with Crippen LogP contribution in [-0.2, 0) is 22.9 Å². The molecule has 30 heavy (non-hydrogen) atoms. The second-order valence-electron chi connectivity index (χ2n) is 8.69. The Hall–Kier alpha value is -1.89. The molecule has 6 heteroatoms. The van der Waals surface area contributed by atoms with Crippen molar-refractivity contribution < 1.29 is 13.2 Å². The molecule has 5 nitrogen and oxygen atoms in total. The van der Waals surface area contributed by atoms with Crippen LogP contribution in [0.25, 0.3) is 0 Å². The third-order valence-electron chi connectivity index (χ3n) is 6.53. The molecule has 0 saturated heterocycles. The Labute approximate surface area is 180 Å². The van der Waals surface area contributed by atoms with E-state index in [1.54, 1.807) is 6.92 Å². The van der Waals surface area contributed by atoms with Crippen LogP contribution in [-0.4, -0.2) is 32.9 Å². The van der Waals surface area contributed by atoms with Crippen molar-refractivity contribution >= 4 is 10.0 Å². The van der Waals surface area contributed by atoms with E-state index in [1.165, 1.54) is 16.7 Å². The Morgan fingerprint density at radius 3 is 2.63 bits per heavy atom. The van der Waals surface area contributed by atoms with Crippen molar-refractivity contribution in [2.24, 2.45) is 11.7 Å². The van der Waals surface area contributed by atoms with E-state index in [0.29, 0.717) is 12.5 Å². The van der Waals surface area contributed by atoms with E-state index in [-0.39, 0.29) is 23.8 Å². The summed E-state index contributed by atoms with van der Waals surface area (Å²) in [6.45, 7) is 2.38. The van der Waals surface area contributed by atoms with Crippen LogP contribution in [0.1, 0.15) is 48.8 Å². The maximum Gasteiger partial charge on any atom is 0.214 e. The van der Waals surface area contributed by atoms with E-state index >= 15 is 0 Å². The SMILES string of the molecule is CC(C1CC1)S(=O)(=O)NCCOc1ccc2c(c1)C(Cc1ccccc1)C(N)CC2. The minimum absolute atomic E-state index is 0.128. The van der Waals surface area contributed by atoms with Crippen LogP contribution in [0.15, 0.2) is 48.5 Å². The average molecular weight is 429 g/mol. The lowest BCUT2D eigenvalue weighted by Gasteiger charge is -2.32. The van der Waals surface area contributed by atoms with Gasteiger partial charge in [0.05, 0.1) is 5.25 Å². The number of rotatable bonds is 9. The number of nitrogens with two attached hydrogens (primary N) is 1. The van der Waals surface area contributed by atoms with Crippen molar-refractivity contribution in [3.05, 3.63) is 65.2 Å². The summed E-state index contributed by atoms with van der Waals surface area (Å²) in [5.41, 5.74) is 10.4. The van der Waals surface area contributed by atoms with Gasteiger partial charge in [-0.2, -0.15) is 0 Å². The molecule has 2 aliphatic carbocycles. The first-order valence-electron chi connectivity index (χ1n) is 11.0. The van der Waals surface area contributed by atoms with Crippen molar-refractivity contribution in [2.75, 3.05) is 13.2 Å². The summed E-state index contributed by atoms with van der Waals surface area (Å²) in [5, 5.41) is -0.318. The van der Waals surface area contributed by atoms with Crippen LogP contribution in [0, 0.1) is 5.92 Å². The van der Waals surface area contributed by atoms with Gasteiger partial charge in [-0.05, 0) is 73.8 Å². The Morgan fingerprint density at radius 1 is 1.13 bits per heavy atom. The summed E-state index contributed by atoms with van der Waals surface area (Å²) in [6, 6.07) is 16.8. The molecule has 0 spiro atoms. The van der Waals surface area contributed by atoms with E-state index in [4.69, 9.17) is 10.5 Å². The van der Waals surface area contributed by atoms with Gasteiger partial charge in [0.25, 0.3) is 0 Å². The van der Waals surface area contributed by atoms with Crippen LogP contribution >= 0.6 is 0 Å². The molecule has 2 aliphatic rings. The Bertz CT molecular complexity index is 958. The lowest BCUT2D eigenvalue weighted by atomic mass is 9.76. The predicted octanol–water partition coefficient (Wildman–Crippen LogP) is 3.38. The minimum atomic E-state index is -3.26. The molecule has 162 valence electrons. The topological polar surface area (TPSA) is 81.4 Å². The molecule has 2 aromatic rings. The molecule has 0 heterocycles. The number of hydrogen-bond donors (Lipinski definition) is 2. The van der Waals surface area contributed by atoms with Crippen LogP contribution in [0.2, 0.25) is 0 Å². The first kappa shape index (κ1) is 21.3. The molecule has 0 bridgehead atoms. The van der Waals surface area contributed by atoms with E-state index in [1.807, 2.05) is 12.1 Å².